The maximum absolute atomic E-state index is 10.6. The summed E-state index contributed by atoms with van der Waals surface area (Å²) in [6.07, 6.45) is 5.49. The minimum absolute atomic E-state index is 0.148. The van der Waals surface area contributed by atoms with E-state index < -0.39 is 10.0 Å². The smallest absolute Gasteiger partial charge is 0.225 e. The first-order chi connectivity index (χ1) is 13.4. The van der Waals surface area contributed by atoms with Crippen molar-refractivity contribution in [2.24, 2.45) is 5.14 Å². The Balaban J connectivity index is 0.000000212. The molecule has 3 aromatic carbocycles. The van der Waals surface area contributed by atoms with Crippen LogP contribution in [0.5, 0.6) is 0 Å². The summed E-state index contributed by atoms with van der Waals surface area (Å²) >= 11 is 0. The summed E-state index contributed by atoms with van der Waals surface area (Å²) in [7, 11) is -3.50. The molecule has 0 aliphatic carbocycles. The summed E-state index contributed by atoms with van der Waals surface area (Å²) in [5.74, 6) is 0. The zero-order valence-corrected chi connectivity index (χ0v) is 16.6. The molecule has 28 heavy (non-hydrogen) atoms. The molecule has 4 heteroatoms. The molecule has 0 spiro atoms. The predicted octanol–water partition coefficient (Wildman–Crippen LogP) is 5.64. The second-order valence-electron chi connectivity index (χ2n) is 5.55. The minimum atomic E-state index is -3.50. The van der Waals surface area contributed by atoms with E-state index in [0.29, 0.717) is 0 Å². The second kappa shape index (κ2) is 12.2. The summed E-state index contributed by atoms with van der Waals surface area (Å²) in [6.45, 7) is 11.0. The van der Waals surface area contributed by atoms with Crippen LogP contribution in [-0.4, -0.2) is 8.42 Å². The van der Waals surface area contributed by atoms with Gasteiger partial charge >= 0.3 is 0 Å². The fourth-order valence-corrected chi connectivity index (χ4v) is 2.50. The first-order valence-electron chi connectivity index (χ1n) is 8.51. The maximum Gasteiger partial charge on any atom is 0.238 e. The van der Waals surface area contributed by atoms with E-state index in [1.165, 1.54) is 17.7 Å². The highest BCUT2D eigenvalue weighted by atomic mass is 32.2. The fraction of sp³-hybridized carbons (Fsp3) is 0. The van der Waals surface area contributed by atoms with Gasteiger partial charge in [-0.1, -0.05) is 111 Å². The molecule has 0 heterocycles. The summed E-state index contributed by atoms with van der Waals surface area (Å²) in [5, 5.41) is 4.83. The van der Waals surface area contributed by atoms with Crippen LogP contribution in [0.1, 0.15) is 16.7 Å². The lowest BCUT2D eigenvalue weighted by molar-refractivity contribution is 0.598. The molecule has 0 fully saturated rings. The highest BCUT2D eigenvalue weighted by Crippen LogP contribution is 2.05. The van der Waals surface area contributed by atoms with Gasteiger partial charge in [-0.05, 0) is 28.8 Å². The molecule has 0 atom stereocenters. The number of benzene rings is 3. The van der Waals surface area contributed by atoms with E-state index in [9.17, 15) is 8.42 Å². The third kappa shape index (κ3) is 8.94. The van der Waals surface area contributed by atoms with Gasteiger partial charge in [-0.15, -0.1) is 0 Å². The molecule has 3 rings (SSSR count). The average molecular weight is 392 g/mol. The van der Waals surface area contributed by atoms with Gasteiger partial charge in [0, 0.05) is 0 Å². The van der Waals surface area contributed by atoms with Crippen molar-refractivity contribution in [1.82, 2.24) is 0 Å². The molecule has 3 aromatic rings. The van der Waals surface area contributed by atoms with Crippen molar-refractivity contribution in [3.63, 3.8) is 0 Å². The zero-order chi connectivity index (χ0) is 20.8. The van der Waals surface area contributed by atoms with E-state index >= 15 is 0 Å². The molecule has 0 aliphatic rings. The summed E-state index contributed by atoms with van der Waals surface area (Å²) in [5.41, 5.74) is 3.46. The monoisotopic (exact) mass is 391 g/mol. The SMILES string of the molecule is C=Cc1ccc(C=C)cc1.C=Cc1ccccc1.NS(=O)(=O)c1ccccc1. The van der Waals surface area contributed by atoms with Crippen molar-refractivity contribution in [1.29, 1.82) is 0 Å². The quantitative estimate of drug-likeness (QED) is 0.626. The molecule has 0 unspecified atom stereocenters. The Bertz CT molecular complexity index is 935. The Morgan fingerprint density at radius 3 is 1.14 bits per heavy atom. The average Bonchev–Trinajstić information content (AvgIpc) is 2.75. The van der Waals surface area contributed by atoms with Crippen LogP contribution in [0.15, 0.2) is 110 Å². The van der Waals surface area contributed by atoms with Crippen molar-refractivity contribution in [3.8, 4) is 0 Å². The van der Waals surface area contributed by atoms with E-state index in [4.69, 9.17) is 5.14 Å². The number of hydrogen-bond donors (Lipinski definition) is 1. The summed E-state index contributed by atoms with van der Waals surface area (Å²) in [4.78, 5) is 0.148. The lowest BCUT2D eigenvalue weighted by Crippen LogP contribution is -2.11. The van der Waals surface area contributed by atoms with E-state index in [1.807, 2.05) is 72.8 Å². The molecule has 0 saturated heterocycles. The molecule has 0 saturated carbocycles. The third-order valence-corrected chi connectivity index (χ3v) is 4.44. The van der Waals surface area contributed by atoms with E-state index in [-0.39, 0.29) is 4.90 Å². The largest absolute Gasteiger partial charge is 0.238 e. The van der Waals surface area contributed by atoms with Crippen molar-refractivity contribution in [2.75, 3.05) is 0 Å². The van der Waals surface area contributed by atoms with Crippen LogP contribution in [0.4, 0.5) is 0 Å². The molecular formula is C24H25NO2S. The van der Waals surface area contributed by atoms with Gasteiger partial charge < -0.3 is 0 Å². The number of hydrogen-bond acceptors (Lipinski definition) is 2. The van der Waals surface area contributed by atoms with Crippen LogP contribution in [-0.2, 0) is 10.0 Å². The first kappa shape index (κ1) is 22.8. The lowest BCUT2D eigenvalue weighted by Gasteiger charge is -1.93. The van der Waals surface area contributed by atoms with Crippen molar-refractivity contribution in [2.45, 2.75) is 4.90 Å². The van der Waals surface area contributed by atoms with Gasteiger partial charge in [0.2, 0.25) is 10.0 Å². The van der Waals surface area contributed by atoms with E-state index in [0.717, 1.165) is 11.1 Å². The fourth-order valence-electron chi connectivity index (χ4n) is 1.97. The number of nitrogens with two attached hydrogens (primary N) is 1. The maximum atomic E-state index is 10.6. The molecule has 0 amide bonds. The van der Waals surface area contributed by atoms with E-state index in [2.05, 4.69) is 19.7 Å². The highest BCUT2D eigenvalue weighted by Gasteiger charge is 2.03. The molecule has 0 radical (unpaired) electrons. The van der Waals surface area contributed by atoms with Gasteiger partial charge in [0.05, 0.1) is 4.90 Å². The lowest BCUT2D eigenvalue weighted by atomic mass is 10.1. The number of primary sulfonamides is 1. The zero-order valence-electron chi connectivity index (χ0n) is 15.7. The molecule has 0 aliphatic heterocycles. The van der Waals surface area contributed by atoms with Crippen molar-refractivity contribution >= 4 is 28.3 Å². The summed E-state index contributed by atoms with van der Waals surface area (Å²) < 4.78 is 21.2. The number of sulfonamides is 1. The van der Waals surface area contributed by atoms with Gasteiger partial charge in [-0.2, -0.15) is 0 Å². The van der Waals surface area contributed by atoms with Crippen molar-refractivity contribution in [3.05, 3.63) is 121 Å². The number of rotatable bonds is 4. The molecule has 144 valence electrons. The van der Waals surface area contributed by atoms with Gasteiger partial charge in [0.15, 0.2) is 0 Å². The Hall–Kier alpha value is -3.21. The van der Waals surface area contributed by atoms with E-state index in [1.54, 1.807) is 18.2 Å². The van der Waals surface area contributed by atoms with Gasteiger partial charge in [0.1, 0.15) is 0 Å². The van der Waals surface area contributed by atoms with Crippen molar-refractivity contribution < 1.29 is 8.42 Å². The second-order valence-corrected chi connectivity index (χ2v) is 7.11. The Kier molecular flexibility index (Phi) is 9.97. The standard InChI is InChI=1S/C10H10.C8H8.C6H7NO2S/c1-3-9-5-7-10(4-2)8-6-9;1-2-8-6-4-3-5-7-8;7-10(8,9)6-4-2-1-3-5-6/h3-8H,1-2H2;2-7H,1H2;1-5H,(H2,7,8,9). The van der Waals surface area contributed by atoms with Crippen LogP contribution in [0, 0.1) is 0 Å². The molecular weight excluding hydrogens is 366 g/mol. The predicted molar refractivity (Wildman–Crippen MR) is 121 cm³/mol. The Labute approximate surface area is 168 Å². The Morgan fingerprint density at radius 1 is 0.571 bits per heavy atom. The minimum Gasteiger partial charge on any atom is -0.225 e. The van der Waals surface area contributed by atoms with Crippen LogP contribution in [0.25, 0.3) is 18.2 Å². The third-order valence-electron chi connectivity index (χ3n) is 3.51. The topological polar surface area (TPSA) is 60.2 Å². The van der Waals surface area contributed by atoms with Crippen LogP contribution < -0.4 is 5.14 Å². The molecule has 0 aromatic heterocycles. The van der Waals surface area contributed by atoms with Crippen LogP contribution in [0.2, 0.25) is 0 Å². The molecule has 2 N–H and O–H groups in total. The normalized spacial score (nSPS) is 9.61. The van der Waals surface area contributed by atoms with Crippen LogP contribution in [0.3, 0.4) is 0 Å². The van der Waals surface area contributed by atoms with Gasteiger partial charge in [-0.25, -0.2) is 13.6 Å². The van der Waals surface area contributed by atoms with Gasteiger partial charge in [-0.3, -0.25) is 0 Å². The Morgan fingerprint density at radius 2 is 0.893 bits per heavy atom. The summed E-state index contributed by atoms with van der Waals surface area (Å²) in [6, 6.07) is 26.0. The molecule has 0 bridgehead atoms. The van der Waals surface area contributed by atoms with Gasteiger partial charge in [0.25, 0.3) is 0 Å². The first-order valence-corrected chi connectivity index (χ1v) is 10.1. The molecule has 3 nitrogen and oxygen atoms in total. The van der Waals surface area contributed by atoms with Crippen LogP contribution >= 0.6 is 0 Å². The highest BCUT2D eigenvalue weighted by molar-refractivity contribution is 7.89.